The first-order valence-corrected chi connectivity index (χ1v) is 8.48. The van der Waals surface area contributed by atoms with E-state index in [9.17, 15) is 9.59 Å². The molecule has 2 heterocycles. The number of nitrogens with zero attached hydrogens (tertiary/aromatic N) is 3. The molecule has 2 aromatic rings. The van der Waals surface area contributed by atoms with Gasteiger partial charge >= 0.3 is 0 Å². The summed E-state index contributed by atoms with van der Waals surface area (Å²) < 4.78 is 1.55. The van der Waals surface area contributed by atoms with Crippen molar-refractivity contribution in [1.82, 2.24) is 15.1 Å². The maximum Gasteiger partial charge on any atom is 0.255 e. The smallest absolute Gasteiger partial charge is 0.255 e. The van der Waals surface area contributed by atoms with Gasteiger partial charge in [-0.25, -0.2) is 0 Å². The minimum Gasteiger partial charge on any atom is -0.371 e. The highest BCUT2D eigenvalue weighted by Gasteiger charge is 2.18. The van der Waals surface area contributed by atoms with Crippen molar-refractivity contribution in [2.75, 3.05) is 23.3 Å². The van der Waals surface area contributed by atoms with Crippen LogP contribution in [0.25, 0.3) is 0 Å². The Morgan fingerprint density at radius 3 is 2.68 bits per heavy atom. The Bertz CT molecular complexity index is 764. The molecule has 0 saturated carbocycles. The number of aromatic nitrogens is 2. The van der Waals surface area contributed by atoms with Gasteiger partial charge in [0.1, 0.15) is 6.04 Å². The van der Waals surface area contributed by atoms with Gasteiger partial charge in [0.05, 0.1) is 11.8 Å². The molecular formula is C18H23N5O2. The van der Waals surface area contributed by atoms with Crippen LogP contribution < -0.4 is 15.5 Å². The molecule has 0 bridgehead atoms. The average molecular weight is 341 g/mol. The lowest BCUT2D eigenvalue weighted by Crippen LogP contribution is -2.41. The van der Waals surface area contributed by atoms with Crippen LogP contribution >= 0.6 is 0 Å². The molecule has 1 atom stereocenters. The van der Waals surface area contributed by atoms with Crippen LogP contribution in [0.15, 0.2) is 36.7 Å². The molecule has 25 heavy (non-hydrogen) atoms. The van der Waals surface area contributed by atoms with E-state index >= 15 is 0 Å². The first-order valence-electron chi connectivity index (χ1n) is 8.48. The van der Waals surface area contributed by atoms with Crippen molar-refractivity contribution in [2.45, 2.75) is 25.8 Å². The molecule has 0 spiro atoms. The third-order valence-corrected chi connectivity index (χ3v) is 4.29. The summed E-state index contributed by atoms with van der Waals surface area (Å²) in [7, 11) is 1.74. The summed E-state index contributed by atoms with van der Waals surface area (Å²) in [5.41, 5.74) is 2.28. The van der Waals surface area contributed by atoms with Crippen molar-refractivity contribution in [2.24, 2.45) is 7.05 Å². The number of carbonyl (C=O) groups is 2. The fraction of sp³-hybridized carbons (Fsp3) is 0.389. The Labute approximate surface area is 147 Å². The summed E-state index contributed by atoms with van der Waals surface area (Å²) in [6, 6.07) is 7.16. The highest BCUT2D eigenvalue weighted by molar-refractivity contribution is 6.00. The maximum atomic E-state index is 12.4. The highest BCUT2D eigenvalue weighted by atomic mass is 16.2. The largest absolute Gasteiger partial charge is 0.371 e. The Morgan fingerprint density at radius 1 is 1.24 bits per heavy atom. The molecule has 132 valence electrons. The van der Waals surface area contributed by atoms with Crippen LogP contribution in [0.4, 0.5) is 11.4 Å². The zero-order valence-electron chi connectivity index (χ0n) is 14.5. The van der Waals surface area contributed by atoms with E-state index in [1.165, 1.54) is 19.0 Å². The van der Waals surface area contributed by atoms with E-state index in [1.54, 1.807) is 24.9 Å². The van der Waals surface area contributed by atoms with E-state index in [0.29, 0.717) is 5.56 Å². The molecule has 3 rings (SSSR count). The number of aryl methyl sites for hydroxylation is 1. The van der Waals surface area contributed by atoms with Gasteiger partial charge in [0, 0.05) is 37.7 Å². The number of benzene rings is 1. The lowest BCUT2D eigenvalue weighted by Gasteiger charge is -2.19. The lowest BCUT2D eigenvalue weighted by molar-refractivity contribution is -0.117. The van der Waals surface area contributed by atoms with Crippen LogP contribution in [0, 0.1) is 0 Å². The van der Waals surface area contributed by atoms with Crippen LogP contribution in [0.2, 0.25) is 0 Å². The number of rotatable bonds is 5. The SMILES string of the molecule is CC(NC(=O)c1cnn(C)c1)C(=O)Nc1cccc(N2CCCC2)c1. The Balaban J connectivity index is 1.59. The third kappa shape index (κ3) is 4.17. The fourth-order valence-electron chi connectivity index (χ4n) is 2.89. The van der Waals surface area contributed by atoms with Crippen LogP contribution in [0.5, 0.6) is 0 Å². The molecule has 1 fully saturated rings. The van der Waals surface area contributed by atoms with Crippen LogP contribution in [0.3, 0.4) is 0 Å². The molecule has 0 aliphatic carbocycles. The zero-order valence-corrected chi connectivity index (χ0v) is 14.5. The molecule has 1 aliphatic heterocycles. The van der Waals surface area contributed by atoms with Crippen LogP contribution in [-0.2, 0) is 11.8 Å². The van der Waals surface area contributed by atoms with Gasteiger partial charge in [0.15, 0.2) is 0 Å². The quantitative estimate of drug-likeness (QED) is 0.869. The van der Waals surface area contributed by atoms with Crippen molar-refractivity contribution >= 4 is 23.2 Å². The number of nitrogens with one attached hydrogen (secondary N) is 2. The van der Waals surface area contributed by atoms with Gasteiger partial charge in [0.25, 0.3) is 5.91 Å². The minimum absolute atomic E-state index is 0.254. The van der Waals surface area contributed by atoms with Crippen molar-refractivity contribution < 1.29 is 9.59 Å². The predicted molar refractivity (Wildman–Crippen MR) is 96.7 cm³/mol. The standard InChI is InChI=1S/C18H23N5O2/c1-13(20-18(25)14-11-19-22(2)12-14)17(24)21-15-6-5-7-16(10-15)23-8-3-4-9-23/h5-7,10-13H,3-4,8-9H2,1-2H3,(H,20,25)(H,21,24). The topological polar surface area (TPSA) is 79.3 Å². The third-order valence-electron chi connectivity index (χ3n) is 4.29. The number of carbonyl (C=O) groups excluding carboxylic acids is 2. The molecule has 1 aromatic carbocycles. The van der Waals surface area contributed by atoms with Gasteiger partial charge < -0.3 is 15.5 Å². The van der Waals surface area contributed by atoms with Gasteiger partial charge in [-0.2, -0.15) is 5.10 Å². The van der Waals surface area contributed by atoms with E-state index in [-0.39, 0.29) is 11.8 Å². The molecule has 1 aliphatic rings. The summed E-state index contributed by atoms with van der Waals surface area (Å²) in [6.45, 7) is 3.76. The summed E-state index contributed by atoms with van der Waals surface area (Å²) >= 11 is 0. The number of anilines is 2. The molecule has 1 unspecified atom stereocenters. The second-order valence-electron chi connectivity index (χ2n) is 6.33. The van der Waals surface area contributed by atoms with Crippen molar-refractivity contribution in [1.29, 1.82) is 0 Å². The zero-order chi connectivity index (χ0) is 17.8. The predicted octanol–water partition coefficient (Wildman–Crippen LogP) is 1.78. The summed E-state index contributed by atoms with van der Waals surface area (Å²) in [6.07, 6.45) is 5.49. The Hall–Kier alpha value is -2.83. The molecule has 1 aromatic heterocycles. The van der Waals surface area contributed by atoms with Crippen molar-refractivity contribution in [3.05, 3.63) is 42.2 Å². The molecule has 7 nitrogen and oxygen atoms in total. The van der Waals surface area contributed by atoms with Crippen LogP contribution in [0.1, 0.15) is 30.1 Å². The van der Waals surface area contributed by atoms with E-state index in [4.69, 9.17) is 0 Å². The Morgan fingerprint density at radius 2 is 2.00 bits per heavy atom. The second kappa shape index (κ2) is 7.38. The molecular weight excluding hydrogens is 318 g/mol. The summed E-state index contributed by atoms with van der Waals surface area (Å²) in [5, 5.41) is 9.51. The second-order valence-corrected chi connectivity index (χ2v) is 6.33. The molecule has 2 amide bonds. The average Bonchev–Trinajstić information content (AvgIpc) is 3.26. The van der Waals surface area contributed by atoms with Crippen molar-refractivity contribution in [3.63, 3.8) is 0 Å². The van der Waals surface area contributed by atoms with Gasteiger partial charge in [-0.05, 0) is 38.0 Å². The maximum absolute atomic E-state index is 12.4. The lowest BCUT2D eigenvalue weighted by atomic mass is 10.2. The van der Waals surface area contributed by atoms with Gasteiger partial charge in [-0.15, -0.1) is 0 Å². The fourth-order valence-corrected chi connectivity index (χ4v) is 2.89. The van der Waals surface area contributed by atoms with E-state index in [0.717, 1.165) is 24.5 Å². The first-order chi connectivity index (χ1) is 12.0. The monoisotopic (exact) mass is 341 g/mol. The molecule has 2 N–H and O–H groups in total. The van der Waals surface area contributed by atoms with Gasteiger partial charge in [0.2, 0.25) is 5.91 Å². The Kier molecular flexibility index (Phi) is 5.02. The number of hydrogen-bond acceptors (Lipinski definition) is 4. The molecule has 0 radical (unpaired) electrons. The van der Waals surface area contributed by atoms with E-state index in [2.05, 4.69) is 26.7 Å². The van der Waals surface area contributed by atoms with Crippen LogP contribution in [-0.4, -0.2) is 40.7 Å². The molecule has 1 saturated heterocycles. The van der Waals surface area contributed by atoms with Gasteiger partial charge in [-0.3, -0.25) is 14.3 Å². The highest BCUT2D eigenvalue weighted by Crippen LogP contribution is 2.23. The number of hydrogen-bond donors (Lipinski definition) is 2. The normalized spacial score (nSPS) is 15.0. The van der Waals surface area contributed by atoms with E-state index in [1.807, 2.05) is 18.2 Å². The van der Waals surface area contributed by atoms with E-state index < -0.39 is 6.04 Å². The molecule has 7 heteroatoms. The van der Waals surface area contributed by atoms with Gasteiger partial charge in [-0.1, -0.05) is 6.07 Å². The summed E-state index contributed by atoms with van der Waals surface area (Å²) in [5.74, 6) is -0.572. The summed E-state index contributed by atoms with van der Waals surface area (Å²) in [4.78, 5) is 26.8. The minimum atomic E-state index is -0.650. The van der Waals surface area contributed by atoms with Crippen molar-refractivity contribution in [3.8, 4) is 0 Å². The first kappa shape index (κ1) is 17.0. The number of amides is 2.